The summed E-state index contributed by atoms with van der Waals surface area (Å²) in [5.74, 6) is -0.392. The second-order valence-corrected chi connectivity index (χ2v) is 4.83. The average Bonchev–Trinajstić information content (AvgIpc) is 2.26. The molecule has 98 valence electrons. The van der Waals surface area contributed by atoms with Crippen LogP contribution in [0.25, 0.3) is 0 Å². The summed E-state index contributed by atoms with van der Waals surface area (Å²) < 4.78 is 5.66. The molecule has 0 aliphatic heterocycles. The van der Waals surface area contributed by atoms with Crippen LogP contribution in [0.5, 0.6) is 0 Å². The quantitative estimate of drug-likeness (QED) is 0.837. The Hall–Kier alpha value is -1.62. The smallest absolute Gasteiger partial charge is 0.354 e. The molecule has 1 aliphatic carbocycles. The maximum absolute atomic E-state index is 10.8. The van der Waals surface area contributed by atoms with E-state index in [0.717, 1.165) is 12.8 Å². The molecular formula is C13H18N2O3. The van der Waals surface area contributed by atoms with E-state index >= 15 is 0 Å². The molecule has 0 aromatic carbocycles. The Kier molecular flexibility index (Phi) is 3.81. The molecule has 0 amide bonds. The first-order valence-corrected chi connectivity index (χ1v) is 6.17. The van der Waals surface area contributed by atoms with Crippen LogP contribution < -0.4 is 5.32 Å². The maximum atomic E-state index is 10.8. The van der Waals surface area contributed by atoms with Crippen molar-refractivity contribution in [1.82, 2.24) is 4.98 Å². The van der Waals surface area contributed by atoms with Crippen molar-refractivity contribution < 1.29 is 14.6 Å². The van der Waals surface area contributed by atoms with Crippen LogP contribution in [0.2, 0.25) is 0 Å². The molecule has 1 aromatic heterocycles. The number of aromatic nitrogens is 1. The van der Waals surface area contributed by atoms with Gasteiger partial charge in [0.05, 0.1) is 12.2 Å². The molecule has 1 saturated carbocycles. The highest BCUT2D eigenvalue weighted by molar-refractivity contribution is 5.85. The number of anilines is 1. The van der Waals surface area contributed by atoms with Gasteiger partial charge in [-0.3, -0.25) is 0 Å². The molecule has 0 bridgehead atoms. The second-order valence-electron chi connectivity index (χ2n) is 4.83. The highest BCUT2D eigenvalue weighted by Gasteiger charge is 2.30. The summed E-state index contributed by atoms with van der Waals surface area (Å²) in [7, 11) is 0. The summed E-state index contributed by atoms with van der Waals surface area (Å²) in [4.78, 5) is 14.8. The number of nitrogens with zero attached hydrogens (tertiary/aromatic N) is 1. The lowest BCUT2D eigenvalue weighted by molar-refractivity contribution is -0.0400. The van der Waals surface area contributed by atoms with E-state index < -0.39 is 5.97 Å². The third-order valence-electron chi connectivity index (χ3n) is 2.88. The van der Waals surface area contributed by atoms with Gasteiger partial charge in [-0.05, 0) is 38.8 Å². The monoisotopic (exact) mass is 250 g/mol. The topological polar surface area (TPSA) is 71.5 Å². The van der Waals surface area contributed by atoms with E-state index in [1.165, 1.54) is 6.07 Å². The molecule has 1 aromatic rings. The van der Waals surface area contributed by atoms with E-state index in [2.05, 4.69) is 10.3 Å². The van der Waals surface area contributed by atoms with Crippen LogP contribution in [0.4, 0.5) is 5.82 Å². The van der Waals surface area contributed by atoms with E-state index in [9.17, 15) is 4.79 Å². The first kappa shape index (κ1) is 12.8. The molecule has 2 N–H and O–H groups in total. The molecule has 0 unspecified atom stereocenters. The number of carboxylic acids is 1. The highest BCUT2D eigenvalue weighted by Crippen LogP contribution is 2.27. The van der Waals surface area contributed by atoms with Gasteiger partial charge < -0.3 is 15.2 Å². The lowest BCUT2D eigenvalue weighted by Gasteiger charge is -2.37. The molecule has 1 heterocycles. The molecule has 0 atom stereocenters. The Bertz CT molecular complexity index is 428. The molecule has 2 rings (SSSR count). The average molecular weight is 250 g/mol. The Morgan fingerprint density at radius 1 is 1.50 bits per heavy atom. The van der Waals surface area contributed by atoms with Crippen molar-refractivity contribution in [2.75, 3.05) is 5.32 Å². The van der Waals surface area contributed by atoms with Crippen LogP contribution >= 0.6 is 0 Å². The van der Waals surface area contributed by atoms with Crippen LogP contribution in [0.15, 0.2) is 18.2 Å². The van der Waals surface area contributed by atoms with Crippen molar-refractivity contribution in [2.45, 2.75) is 44.9 Å². The van der Waals surface area contributed by atoms with Crippen LogP contribution in [-0.4, -0.2) is 34.3 Å². The third-order valence-corrected chi connectivity index (χ3v) is 2.88. The Labute approximate surface area is 106 Å². The molecule has 0 saturated heterocycles. The summed E-state index contributed by atoms with van der Waals surface area (Å²) in [6.45, 7) is 4.05. The zero-order chi connectivity index (χ0) is 13.1. The standard InChI is InChI=1S/C13H18N2O3/c1-8(2)18-10-6-9(7-10)14-12-5-3-4-11(15-12)13(16)17/h3-5,8-10H,6-7H2,1-2H3,(H,14,15)(H,16,17). The largest absolute Gasteiger partial charge is 0.477 e. The van der Waals surface area contributed by atoms with Crippen molar-refractivity contribution in [2.24, 2.45) is 0 Å². The minimum Gasteiger partial charge on any atom is -0.477 e. The fourth-order valence-corrected chi connectivity index (χ4v) is 2.02. The van der Waals surface area contributed by atoms with Gasteiger partial charge in [-0.25, -0.2) is 9.78 Å². The summed E-state index contributed by atoms with van der Waals surface area (Å²) in [6.07, 6.45) is 2.45. The van der Waals surface area contributed by atoms with E-state index in [0.29, 0.717) is 18.0 Å². The normalized spacial score (nSPS) is 22.6. The number of pyridine rings is 1. The Morgan fingerprint density at radius 3 is 2.83 bits per heavy atom. The van der Waals surface area contributed by atoms with Gasteiger partial charge in [-0.1, -0.05) is 6.07 Å². The van der Waals surface area contributed by atoms with Gasteiger partial charge in [-0.15, -0.1) is 0 Å². The lowest BCUT2D eigenvalue weighted by atomic mass is 9.89. The molecule has 1 fully saturated rings. The molecule has 0 spiro atoms. The van der Waals surface area contributed by atoms with Gasteiger partial charge in [0, 0.05) is 6.04 Å². The number of aromatic carboxylic acids is 1. The fourth-order valence-electron chi connectivity index (χ4n) is 2.02. The molecular weight excluding hydrogens is 232 g/mol. The summed E-state index contributed by atoms with van der Waals surface area (Å²) in [6, 6.07) is 5.28. The van der Waals surface area contributed by atoms with Gasteiger partial charge in [0.15, 0.2) is 5.69 Å². The van der Waals surface area contributed by atoms with Crippen molar-refractivity contribution in [3.05, 3.63) is 23.9 Å². The van der Waals surface area contributed by atoms with Gasteiger partial charge in [0.2, 0.25) is 0 Å². The van der Waals surface area contributed by atoms with Gasteiger partial charge in [0.25, 0.3) is 0 Å². The Morgan fingerprint density at radius 2 is 2.22 bits per heavy atom. The van der Waals surface area contributed by atoms with Crippen molar-refractivity contribution in [3.63, 3.8) is 0 Å². The van der Waals surface area contributed by atoms with Crippen LogP contribution in [-0.2, 0) is 4.74 Å². The van der Waals surface area contributed by atoms with Gasteiger partial charge >= 0.3 is 5.97 Å². The van der Waals surface area contributed by atoms with E-state index in [4.69, 9.17) is 9.84 Å². The van der Waals surface area contributed by atoms with Crippen molar-refractivity contribution in [1.29, 1.82) is 0 Å². The third kappa shape index (κ3) is 3.20. The maximum Gasteiger partial charge on any atom is 0.354 e. The number of nitrogens with one attached hydrogen (secondary N) is 1. The molecule has 0 radical (unpaired) electrons. The highest BCUT2D eigenvalue weighted by atomic mass is 16.5. The predicted octanol–water partition coefficient (Wildman–Crippen LogP) is 2.15. The van der Waals surface area contributed by atoms with Gasteiger partial charge in [0.1, 0.15) is 5.82 Å². The second kappa shape index (κ2) is 5.35. The first-order chi connectivity index (χ1) is 8.54. The minimum absolute atomic E-state index is 0.0642. The van der Waals surface area contributed by atoms with Crippen LogP contribution in [0.1, 0.15) is 37.2 Å². The summed E-state index contributed by atoms with van der Waals surface area (Å²) in [5, 5.41) is 12.1. The van der Waals surface area contributed by atoms with Crippen molar-refractivity contribution in [3.8, 4) is 0 Å². The number of ether oxygens (including phenoxy) is 1. The first-order valence-electron chi connectivity index (χ1n) is 6.17. The van der Waals surface area contributed by atoms with E-state index in [-0.39, 0.29) is 11.8 Å². The van der Waals surface area contributed by atoms with Crippen molar-refractivity contribution >= 4 is 11.8 Å². The number of hydrogen-bond acceptors (Lipinski definition) is 4. The van der Waals surface area contributed by atoms with E-state index in [1.807, 2.05) is 13.8 Å². The van der Waals surface area contributed by atoms with Gasteiger partial charge in [-0.2, -0.15) is 0 Å². The summed E-state index contributed by atoms with van der Waals surface area (Å²) >= 11 is 0. The number of carbonyl (C=O) groups is 1. The van der Waals surface area contributed by atoms with Crippen LogP contribution in [0, 0.1) is 0 Å². The van der Waals surface area contributed by atoms with E-state index in [1.54, 1.807) is 12.1 Å². The zero-order valence-corrected chi connectivity index (χ0v) is 10.6. The Balaban J connectivity index is 1.85. The number of carboxylic acid groups (broad SMARTS) is 1. The number of rotatable bonds is 5. The lowest BCUT2D eigenvalue weighted by Crippen LogP contribution is -2.42. The summed E-state index contributed by atoms with van der Waals surface area (Å²) in [5.41, 5.74) is 0.0642. The number of hydrogen-bond donors (Lipinski definition) is 2. The molecule has 1 aliphatic rings. The molecule has 5 nitrogen and oxygen atoms in total. The molecule has 5 heteroatoms. The SMILES string of the molecule is CC(C)OC1CC(Nc2cccc(C(=O)O)n2)C1. The predicted molar refractivity (Wildman–Crippen MR) is 67.9 cm³/mol. The fraction of sp³-hybridized carbons (Fsp3) is 0.538. The zero-order valence-electron chi connectivity index (χ0n) is 10.6. The minimum atomic E-state index is -1.01. The molecule has 18 heavy (non-hydrogen) atoms. The van der Waals surface area contributed by atoms with Crippen LogP contribution in [0.3, 0.4) is 0 Å².